The number of aliphatic hydroxyl groups excluding tert-OH is 1. The molecule has 1 aromatic carbocycles. The molecule has 1 fully saturated rings. The maximum atomic E-state index is 12.6. The summed E-state index contributed by atoms with van der Waals surface area (Å²) in [6, 6.07) is 7.51. The molecule has 0 saturated heterocycles. The average molecular weight is 350 g/mol. The number of benzene rings is 1. The number of Topliss-reactive ketones (excluding diaryl/α,β-unsaturated/α-hetero) is 1. The molecule has 2 atom stereocenters. The van der Waals surface area contributed by atoms with E-state index in [4.69, 9.17) is 11.6 Å². The van der Waals surface area contributed by atoms with E-state index in [1.165, 1.54) is 0 Å². The molecule has 1 N–H and O–H groups in total. The van der Waals surface area contributed by atoms with Crippen molar-refractivity contribution in [3.05, 3.63) is 39.9 Å². The van der Waals surface area contributed by atoms with Crippen LogP contribution in [-0.2, 0) is 4.79 Å². The number of aromatic nitrogens is 1. The van der Waals surface area contributed by atoms with Crippen LogP contribution in [0.5, 0.6) is 0 Å². The third-order valence-electron chi connectivity index (χ3n) is 4.36. The van der Waals surface area contributed by atoms with Crippen molar-refractivity contribution in [2.75, 3.05) is 0 Å². The monoisotopic (exact) mass is 349 g/mol. The number of hydrogen-bond donors (Lipinski definition) is 1. The Morgan fingerprint density at radius 1 is 1.30 bits per heavy atom. The highest BCUT2D eigenvalue weighted by Crippen LogP contribution is 2.42. The first-order chi connectivity index (χ1) is 10.8. The van der Waals surface area contributed by atoms with Gasteiger partial charge in [-0.15, -0.1) is 11.3 Å². The molecule has 1 heterocycles. The zero-order valence-corrected chi connectivity index (χ0v) is 15.0. The molecule has 3 nitrogen and oxygen atoms in total. The number of rotatable bonds is 2. The molecule has 122 valence electrons. The highest BCUT2D eigenvalue weighted by atomic mass is 35.5. The summed E-state index contributed by atoms with van der Waals surface area (Å²) in [7, 11) is 0. The second-order valence-electron chi connectivity index (χ2n) is 7.02. The van der Waals surface area contributed by atoms with Crippen molar-refractivity contribution in [2.24, 2.45) is 5.41 Å². The van der Waals surface area contributed by atoms with Crippen LogP contribution in [0.1, 0.15) is 43.2 Å². The van der Waals surface area contributed by atoms with Gasteiger partial charge in [-0.1, -0.05) is 37.6 Å². The van der Waals surface area contributed by atoms with E-state index in [2.05, 4.69) is 4.98 Å². The van der Waals surface area contributed by atoms with Crippen molar-refractivity contribution < 1.29 is 9.90 Å². The maximum Gasteiger partial charge on any atom is 0.145 e. The number of hydrogen-bond acceptors (Lipinski definition) is 4. The Bertz CT molecular complexity index is 736. The van der Waals surface area contributed by atoms with Gasteiger partial charge in [-0.2, -0.15) is 0 Å². The highest BCUT2D eigenvalue weighted by Gasteiger charge is 2.42. The molecule has 0 radical (unpaired) electrons. The van der Waals surface area contributed by atoms with Gasteiger partial charge < -0.3 is 5.11 Å². The van der Waals surface area contributed by atoms with Gasteiger partial charge in [-0.25, -0.2) is 4.98 Å². The van der Waals surface area contributed by atoms with Crippen molar-refractivity contribution in [2.45, 2.75) is 45.6 Å². The number of carbonyl (C=O) groups excluding carboxylic acids is 1. The Morgan fingerprint density at radius 2 is 1.96 bits per heavy atom. The molecule has 23 heavy (non-hydrogen) atoms. The van der Waals surface area contributed by atoms with Crippen LogP contribution in [0.4, 0.5) is 0 Å². The first kappa shape index (κ1) is 16.6. The molecule has 1 aliphatic carbocycles. The van der Waals surface area contributed by atoms with Crippen LogP contribution in [-0.4, -0.2) is 22.0 Å². The molecule has 1 aromatic heterocycles. The summed E-state index contributed by atoms with van der Waals surface area (Å²) >= 11 is 7.48. The van der Waals surface area contributed by atoms with Crippen LogP contribution in [0.3, 0.4) is 0 Å². The van der Waals surface area contributed by atoms with Crippen LogP contribution >= 0.6 is 22.9 Å². The van der Waals surface area contributed by atoms with E-state index >= 15 is 0 Å². The quantitative estimate of drug-likeness (QED) is 0.861. The summed E-state index contributed by atoms with van der Waals surface area (Å²) in [5.41, 5.74) is 1.57. The fourth-order valence-electron chi connectivity index (χ4n) is 3.30. The normalized spacial score (nSPS) is 24.0. The van der Waals surface area contributed by atoms with Crippen LogP contribution < -0.4 is 0 Å². The van der Waals surface area contributed by atoms with E-state index in [1.807, 2.05) is 45.0 Å². The number of halogens is 1. The molecule has 1 saturated carbocycles. The zero-order chi connectivity index (χ0) is 16.8. The van der Waals surface area contributed by atoms with E-state index in [0.29, 0.717) is 17.9 Å². The third kappa shape index (κ3) is 3.35. The minimum atomic E-state index is -0.662. The molecule has 0 amide bonds. The maximum absolute atomic E-state index is 12.6. The fourth-order valence-corrected chi connectivity index (χ4v) is 4.39. The van der Waals surface area contributed by atoms with Gasteiger partial charge in [0.15, 0.2) is 0 Å². The lowest BCUT2D eigenvalue weighted by atomic mass is 9.69. The number of carbonyl (C=O) groups is 1. The van der Waals surface area contributed by atoms with Gasteiger partial charge in [0.05, 0.1) is 17.7 Å². The molecular formula is C18H20ClNO2S. The van der Waals surface area contributed by atoms with Crippen molar-refractivity contribution in [1.82, 2.24) is 4.98 Å². The SMILES string of the molecule is Cc1sc(-c2ccc(Cl)cc2)nc1C1C(=O)CC(C)(C)CC1O. The summed E-state index contributed by atoms with van der Waals surface area (Å²) in [5, 5.41) is 12.0. The Balaban J connectivity index is 1.95. The molecule has 5 heteroatoms. The minimum Gasteiger partial charge on any atom is -0.392 e. The average Bonchev–Trinajstić information content (AvgIpc) is 2.79. The fraction of sp³-hybridized carbons (Fsp3) is 0.444. The predicted molar refractivity (Wildman–Crippen MR) is 94.1 cm³/mol. The van der Waals surface area contributed by atoms with Crippen molar-refractivity contribution in [1.29, 1.82) is 0 Å². The summed E-state index contributed by atoms with van der Waals surface area (Å²) in [6.07, 6.45) is 0.448. The molecule has 0 aliphatic heterocycles. The van der Waals surface area contributed by atoms with Gasteiger partial charge in [0.1, 0.15) is 10.8 Å². The Labute approximate surface area is 145 Å². The summed E-state index contributed by atoms with van der Waals surface area (Å²) < 4.78 is 0. The number of aliphatic hydroxyl groups is 1. The summed E-state index contributed by atoms with van der Waals surface area (Å²) in [4.78, 5) is 18.2. The lowest BCUT2D eigenvalue weighted by molar-refractivity contribution is -0.129. The van der Waals surface area contributed by atoms with Crippen LogP contribution in [0.25, 0.3) is 10.6 Å². The number of thiazole rings is 1. The summed E-state index contributed by atoms with van der Waals surface area (Å²) in [5.74, 6) is -0.412. The molecule has 0 spiro atoms. The van der Waals surface area contributed by atoms with Crippen molar-refractivity contribution >= 4 is 28.7 Å². The molecular weight excluding hydrogens is 330 g/mol. The molecule has 3 rings (SSSR count). The highest BCUT2D eigenvalue weighted by molar-refractivity contribution is 7.15. The van der Waals surface area contributed by atoms with Gasteiger partial charge in [0.25, 0.3) is 0 Å². The lowest BCUT2D eigenvalue weighted by Gasteiger charge is -2.36. The Kier molecular flexibility index (Phi) is 4.34. The smallest absolute Gasteiger partial charge is 0.145 e. The lowest BCUT2D eigenvalue weighted by Crippen LogP contribution is -2.39. The molecule has 1 aliphatic rings. The van der Waals surface area contributed by atoms with Crippen molar-refractivity contribution in [3.63, 3.8) is 0 Å². The van der Waals surface area contributed by atoms with Gasteiger partial charge in [0.2, 0.25) is 0 Å². The van der Waals surface area contributed by atoms with Crippen LogP contribution in [0, 0.1) is 12.3 Å². The standard InChI is InChI=1S/C18H20ClNO2S/c1-10-16(15-13(21)8-18(2,3)9-14(15)22)20-17(23-10)11-4-6-12(19)7-5-11/h4-7,13,15,21H,8-9H2,1-3H3. The topological polar surface area (TPSA) is 50.2 Å². The second kappa shape index (κ2) is 6.00. The van der Waals surface area contributed by atoms with Gasteiger partial charge in [-0.05, 0) is 30.9 Å². The van der Waals surface area contributed by atoms with E-state index in [0.717, 1.165) is 21.1 Å². The van der Waals surface area contributed by atoms with Crippen molar-refractivity contribution in [3.8, 4) is 10.6 Å². The summed E-state index contributed by atoms with van der Waals surface area (Å²) in [6.45, 7) is 6.01. The number of aryl methyl sites for hydroxylation is 1. The number of ketones is 1. The van der Waals surface area contributed by atoms with Crippen LogP contribution in [0.2, 0.25) is 5.02 Å². The van der Waals surface area contributed by atoms with E-state index in [-0.39, 0.29) is 11.2 Å². The predicted octanol–water partition coefficient (Wildman–Crippen LogP) is 4.61. The van der Waals surface area contributed by atoms with E-state index in [9.17, 15) is 9.90 Å². The first-order valence-corrected chi connectivity index (χ1v) is 8.90. The van der Waals surface area contributed by atoms with Gasteiger partial charge in [0, 0.05) is 21.9 Å². The Morgan fingerprint density at radius 3 is 2.57 bits per heavy atom. The second-order valence-corrected chi connectivity index (χ2v) is 8.66. The van der Waals surface area contributed by atoms with E-state index in [1.54, 1.807) is 11.3 Å². The third-order valence-corrected chi connectivity index (χ3v) is 5.65. The minimum absolute atomic E-state index is 0.0878. The largest absolute Gasteiger partial charge is 0.392 e. The molecule has 0 bridgehead atoms. The Hall–Kier alpha value is -1.23. The number of nitrogens with zero attached hydrogens (tertiary/aromatic N) is 1. The molecule has 2 aromatic rings. The van der Waals surface area contributed by atoms with E-state index < -0.39 is 12.0 Å². The van der Waals surface area contributed by atoms with Gasteiger partial charge in [-0.3, -0.25) is 4.79 Å². The zero-order valence-electron chi connectivity index (χ0n) is 13.5. The van der Waals surface area contributed by atoms with Gasteiger partial charge >= 0.3 is 0 Å². The van der Waals surface area contributed by atoms with Crippen LogP contribution in [0.15, 0.2) is 24.3 Å². The first-order valence-electron chi connectivity index (χ1n) is 7.71. The molecule has 2 unspecified atom stereocenters.